The first-order chi connectivity index (χ1) is 6.31. The first kappa shape index (κ1) is 9.24. The monoisotopic (exact) mass is 217 g/mol. The van der Waals surface area contributed by atoms with Crippen LogP contribution in [0.5, 0.6) is 0 Å². The van der Waals surface area contributed by atoms with E-state index in [1.54, 1.807) is 11.3 Å². The highest BCUT2D eigenvalue weighted by molar-refractivity contribution is 7.16. The Hall–Kier alpha value is -0.320. The van der Waals surface area contributed by atoms with Crippen molar-refractivity contribution in [2.75, 3.05) is 18.0 Å². The van der Waals surface area contributed by atoms with Crippen molar-refractivity contribution in [2.24, 2.45) is 5.73 Å². The minimum absolute atomic E-state index is 0.490. The summed E-state index contributed by atoms with van der Waals surface area (Å²) >= 11 is 7.53. The molecule has 0 bridgehead atoms. The summed E-state index contributed by atoms with van der Waals surface area (Å²) in [6.45, 7) is 2.70. The van der Waals surface area contributed by atoms with Crippen LogP contribution in [0.1, 0.15) is 17.7 Å². The third-order valence-electron chi connectivity index (χ3n) is 2.20. The zero-order valence-corrected chi connectivity index (χ0v) is 8.87. The number of nitrogens with two attached hydrogens (primary N) is 1. The van der Waals surface area contributed by atoms with Crippen molar-refractivity contribution < 1.29 is 0 Å². The molecule has 1 saturated heterocycles. The number of hydrogen-bond acceptors (Lipinski definition) is 4. The molecule has 0 amide bonds. The number of rotatable bonds is 2. The van der Waals surface area contributed by atoms with E-state index in [9.17, 15) is 0 Å². The average Bonchev–Trinajstić information content (AvgIpc) is 2.71. The third kappa shape index (κ3) is 1.80. The lowest BCUT2D eigenvalue weighted by Crippen LogP contribution is -2.16. The van der Waals surface area contributed by atoms with Crippen molar-refractivity contribution in [3.63, 3.8) is 0 Å². The number of hydrogen-bond donors (Lipinski definition) is 1. The van der Waals surface area contributed by atoms with Gasteiger partial charge in [0.15, 0.2) is 5.13 Å². The second-order valence-electron chi connectivity index (χ2n) is 3.11. The number of thiazole rings is 1. The Morgan fingerprint density at radius 2 is 2.15 bits per heavy atom. The Bertz CT molecular complexity index is 294. The van der Waals surface area contributed by atoms with E-state index in [0.29, 0.717) is 11.7 Å². The van der Waals surface area contributed by atoms with Crippen LogP contribution >= 0.6 is 22.9 Å². The lowest BCUT2D eigenvalue weighted by atomic mass is 10.4. The van der Waals surface area contributed by atoms with Crippen LogP contribution in [0.25, 0.3) is 0 Å². The van der Waals surface area contributed by atoms with Gasteiger partial charge >= 0.3 is 0 Å². The Balaban J connectivity index is 2.20. The van der Waals surface area contributed by atoms with Crippen molar-refractivity contribution in [3.05, 3.63) is 10.0 Å². The maximum absolute atomic E-state index is 5.92. The standard InChI is InChI=1S/C8H12ClN3S/c9-7-6(5-10)13-8(11-7)12-3-1-2-4-12/h1-5,10H2. The van der Waals surface area contributed by atoms with Crippen molar-refractivity contribution in [2.45, 2.75) is 19.4 Å². The lowest BCUT2D eigenvalue weighted by molar-refractivity contribution is 0.949. The zero-order valence-electron chi connectivity index (χ0n) is 7.29. The van der Waals surface area contributed by atoms with E-state index < -0.39 is 0 Å². The summed E-state index contributed by atoms with van der Waals surface area (Å²) in [5.74, 6) is 0. The van der Waals surface area contributed by atoms with Crippen molar-refractivity contribution in [3.8, 4) is 0 Å². The van der Waals surface area contributed by atoms with Gasteiger partial charge in [-0.2, -0.15) is 0 Å². The summed E-state index contributed by atoms with van der Waals surface area (Å²) in [4.78, 5) is 7.56. The molecule has 72 valence electrons. The molecule has 0 saturated carbocycles. The smallest absolute Gasteiger partial charge is 0.187 e. The second kappa shape index (κ2) is 3.82. The molecule has 0 unspecified atom stereocenters. The molecular formula is C8H12ClN3S. The molecule has 1 aliphatic rings. The molecular weight excluding hydrogens is 206 g/mol. The molecule has 0 aliphatic carbocycles. The maximum Gasteiger partial charge on any atom is 0.187 e. The van der Waals surface area contributed by atoms with Crippen LogP contribution < -0.4 is 10.6 Å². The van der Waals surface area contributed by atoms with Gasteiger partial charge in [0.1, 0.15) is 5.15 Å². The highest BCUT2D eigenvalue weighted by Gasteiger charge is 2.17. The minimum Gasteiger partial charge on any atom is -0.348 e. The van der Waals surface area contributed by atoms with Gasteiger partial charge in [0.25, 0.3) is 0 Å². The van der Waals surface area contributed by atoms with E-state index >= 15 is 0 Å². The Labute approximate surface area is 86.5 Å². The fourth-order valence-corrected chi connectivity index (χ4v) is 2.70. The van der Waals surface area contributed by atoms with Crippen LogP contribution in [0.3, 0.4) is 0 Å². The van der Waals surface area contributed by atoms with Gasteiger partial charge in [-0.15, -0.1) is 0 Å². The molecule has 0 spiro atoms. The van der Waals surface area contributed by atoms with Gasteiger partial charge in [-0.1, -0.05) is 22.9 Å². The highest BCUT2D eigenvalue weighted by atomic mass is 35.5. The molecule has 0 atom stereocenters. The topological polar surface area (TPSA) is 42.1 Å². The van der Waals surface area contributed by atoms with Crippen LogP contribution in [-0.2, 0) is 6.54 Å². The van der Waals surface area contributed by atoms with Gasteiger partial charge in [0, 0.05) is 19.6 Å². The molecule has 0 aromatic carbocycles. The lowest BCUT2D eigenvalue weighted by Gasteiger charge is -2.11. The summed E-state index contributed by atoms with van der Waals surface area (Å²) in [6, 6.07) is 0. The van der Waals surface area contributed by atoms with Crippen molar-refractivity contribution in [1.29, 1.82) is 0 Å². The molecule has 0 radical (unpaired) electrons. The van der Waals surface area contributed by atoms with Crippen LogP contribution in [-0.4, -0.2) is 18.1 Å². The van der Waals surface area contributed by atoms with Gasteiger partial charge < -0.3 is 10.6 Å². The number of aromatic nitrogens is 1. The van der Waals surface area contributed by atoms with E-state index in [0.717, 1.165) is 23.1 Å². The van der Waals surface area contributed by atoms with Gasteiger partial charge in [-0.25, -0.2) is 4.98 Å². The van der Waals surface area contributed by atoms with Crippen molar-refractivity contribution >= 4 is 28.1 Å². The number of halogens is 1. The molecule has 5 heteroatoms. The van der Waals surface area contributed by atoms with Crippen LogP contribution in [0.4, 0.5) is 5.13 Å². The highest BCUT2D eigenvalue weighted by Crippen LogP contribution is 2.30. The molecule has 2 heterocycles. The summed E-state index contributed by atoms with van der Waals surface area (Å²) in [5, 5.41) is 1.61. The largest absolute Gasteiger partial charge is 0.348 e. The Morgan fingerprint density at radius 1 is 1.46 bits per heavy atom. The summed E-state index contributed by atoms with van der Waals surface area (Å²) < 4.78 is 0. The third-order valence-corrected chi connectivity index (χ3v) is 3.76. The molecule has 2 rings (SSSR count). The van der Waals surface area contributed by atoms with Gasteiger partial charge in [-0.3, -0.25) is 0 Å². The molecule has 1 aromatic rings. The number of nitrogens with zero attached hydrogens (tertiary/aromatic N) is 2. The molecule has 2 N–H and O–H groups in total. The van der Waals surface area contributed by atoms with Gasteiger partial charge in [-0.05, 0) is 12.8 Å². The zero-order chi connectivity index (χ0) is 9.26. The SMILES string of the molecule is NCc1sc(N2CCCC2)nc1Cl. The minimum atomic E-state index is 0.490. The summed E-state index contributed by atoms with van der Waals surface area (Å²) in [6.07, 6.45) is 2.52. The van der Waals surface area contributed by atoms with Gasteiger partial charge in [0.05, 0.1) is 4.88 Å². The molecule has 1 aliphatic heterocycles. The Morgan fingerprint density at radius 3 is 2.69 bits per heavy atom. The normalized spacial score (nSPS) is 16.9. The molecule has 1 fully saturated rings. The summed E-state index contributed by atoms with van der Waals surface area (Å²) in [5.41, 5.74) is 5.53. The maximum atomic E-state index is 5.92. The quantitative estimate of drug-likeness (QED) is 0.822. The predicted molar refractivity (Wildman–Crippen MR) is 56.5 cm³/mol. The first-order valence-corrected chi connectivity index (χ1v) is 5.61. The van der Waals surface area contributed by atoms with E-state index in [-0.39, 0.29) is 0 Å². The van der Waals surface area contributed by atoms with Gasteiger partial charge in [0.2, 0.25) is 0 Å². The van der Waals surface area contributed by atoms with Crippen molar-refractivity contribution in [1.82, 2.24) is 4.98 Å². The average molecular weight is 218 g/mol. The second-order valence-corrected chi connectivity index (χ2v) is 4.53. The first-order valence-electron chi connectivity index (χ1n) is 4.41. The van der Waals surface area contributed by atoms with E-state index in [2.05, 4.69) is 9.88 Å². The van der Waals surface area contributed by atoms with Crippen LogP contribution in [0.2, 0.25) is 5.15 Å². The van der Waals surface area contributed by atoms with E-state index in [4.69, 9.17) is 17.3 Å². The number of anilines is 1. The van der Waals surface area contributed by atoms with Crippen LogP contribution in [0.15, 0.2) is 0 Å². The predicted octanol–water partition coefficient (Wildman–Crippen LogP) is 1.86. The molecule has 3 nitrogen and oxygen atoms in total. The summed E-state index contributed by atoms with van der Waals surface area (Å²) in [7, 11) is 0. The Kier molecular flexibility index (Phi) is 2.71. The van der Waals surface area contributed by atoms with E-state index in [1.165, 1.54) is 12.8 Å². The fraction of sp³-hybridized carbons (Fsp3) is 0.625. The fourth-order valence-electron chi connectivity index (χ4n) is 1.49. The van der Waals surface area contributed by atoms with E-state index in [1.807, 2.05) is 0 Å². The van der Waals surface area contributed by atoms with Crippen LogP contribution in [0, 0.1) is 0 Å². The molecule has 1 aromatic heterocycles. The molecule has 13 heavy (non-hydrogen) atoms.